The summed E-state index contributed by atoms with van der Waals surface area (Å²) in [5, 5.41) is 11.6. The predicted octanol–water partition coefficient (Wildman–Crippen LogP) is 1.53. The summed E-state index contributed by atoms with van der Waals surface area (Å²) in [5.74, 6) is 0.560. The average molecular weight is 253 g/mol. The molecule has 2 heterocycles. The van der Waals surface area contributed by atoms with Gasteiger partial charge in [-0.25, -0.2) is 10.2 Å². The first kappa shape index (κ1) is 10.9. The van der Waals surface area contributed by atoms with Crippen molar-refractivity contribution in [2.24, 2.45) is 0 Å². The highest BCUT2D eigenvalue weighted by molar-refractivity contribution is 7.15. The van der Waals surface area contributed by atoms with Crippen LogP contribution in [0.15, 0.2) is 0 Å². The second-order valence-corrected chi connectivity index (χ2v) is 5.48. The quantitative estimate of drug-likeness (QED) is 0.868. The highest BCUT2D eigenvalue weighted by Gasteiger charge is 2.30. The molecule has 0 bridgehead atoms. The van der Waals surface area contributed by atoms with Crippen molar-refractivity contribution in [1.82, 2.24) is 20.6 Å². The summed E-state index contributed by atoms with van der Waals surface area (Å²) in [6, 6.07) is -0.0703. The van der Waals surface area contributed by atoms with Crippen molar-refractivity contribution in [3.63, 3.8) is 0 Å². The lowest BCUT2D eigenvalue weighted by atomic mass is 10.1. The van der Waals surface area contributed by atoms with E-state index < -0.39 is 0 Å². The van der Waals surface area contributed by atoms with Crippen molar-refractivity contribution < 1.29 is 4.79 Å². The molecule has 0 spiro atoms. The van der Waals surface area contributed by atoms with Gasteiger partial charge in [-0.15, -0.1) is 10.2 Å². The highest BCUT2D eigenvalue weighted by atomic mass is 32.1. The monoisotopic (exact) mass is 253 g/mol. The number of hydrazine groups is 1. The van der Waals surface area contributed by atoms with E-state index in [4.69, 9.17) is 0 Å². The van der Waals surface area contributed by atoms with Gasteiger partial charge in [-0.05, 0) is 12.8 Å². The van der Waals surface area contributed by atoms with Crippen LogP contribution in [-0.2, 0) is 0 Å². The zero-order chi connectivity index (χ0) is 11.8. The number of aromatic nitrogens is 2. The van der Waals surface area contributed by atoms with Gasteiger partial charge in [-0.3, -0.25) is 9.91 Å². The van der Waals surface area contributed by atoms with Crippen molar-refractivity contribution in [2.45, 2.75) is 31.6 Å². The first-order valence-electron chi connectivity index (χ1n) is 5.88. The fourth-order valence-corrected chi connectivity index (χ4v) is 3.32. The van der Waals surface area contributed by atoms with E-state index in [1.165, 1.54) is 30.7 Å². The molecule has 0 radical (unpaired) electrons. The fourth-order valence-electron chi connectivity index (χ4n) is 2.32. The molecule has 17 heavy (non-hydrogen) atoms. The number of amides is 2. The van der Waals surface area contributed by atoms with Gasteiger partial charge in [0, 0.05) is 13.0 Å². The molecule has 1 N–H and O–H groups in total. The Morgan fingerprint density at radius 2 is 2.12 bits per heavy atom. The summed E-state index contributed by atoms with van der Waals surface area (Å²) in [6.45, 7) is 0.481. The minimum absolute atomic E-state index is 0.0703. The predicted molar refractivity (Wildman–Crippen MR) is 64.8 cm³/mol. The van der Waals surface area contributed by atoms with E-state index in [0.29, 0.717) is 17.7 Å². The molecule has 0 atom stereocenters. The Morgan fingerprint density at radius 1 is 1.35 bits per heavy atom. The third-order valence-electron chi connectivity index (χ3n) is 3.35. The lowest BCUT2D eigenvalue weighted by Crippen LogP contribution is -2.31. The number of anilines is 1. The summed E-state index contributed by atoms with van der Waals surface area (Å²) >= 11 is 1.55. The van der Waals surface area contributed by atoms with E-state index in [9.17, 15) is 4.79 Å². The molecular weight excluding hydrogens is 238 g/mol. The van der Waals surface area contributed by atoms with Crippen LogP contribution < -0.4 is 10.3 Å². The zero-order valence-corrected chi connectivity index (χ0v) is 10.5. The second kappa shape index (κ2) is 4.23. The van der Waals surface area contributed by atoms with Crippen molar-refractivity contribution >= 4 is 22.5 Å². The van der Waals surface area contributed by atoms with Gasteiger partial charge in [-0.2, -0.15) is 0 Å². The maximum absolute atomic E-state index is 11.8. The first-order valence-corrected chi connectivity index (χ1v) is 6.69. The zero-order valence-electron chi connectivity index (χ0n) is 9.72. The molecule has 1 aromatic heterocycles. The summed E-state index contributed by atoms with van der Waals surface area (Å²) < 4.78 is 0. The topological polar surface area (TPSA) is 61.4 Å². The van der Waals surface area contributed by atoms with Crippen LogP contribution in [0.25, 0.3) is 0 Å². The van der Waals surface area contributed by atoms with Crippen LogP contribution in [0.4, 0.5) is 9.93 Å². The normalized spacial score (nSPS) is 21.8. The van der Waals surface area contributed by atoms with E-state index in [1.54, 1.807) is 23.3 Å². The molecule has 92 valence electrons. The molecule has 3 rings (SSSR count). The van der Waals surface area contributed by atoms with Crippen LogP contribution in [-0.4, -0.2) is 35.0 Å². The van der Waals surface area contributed by atoms with E-state index in [2.05, 4.69) is 15.6 Å². The van der Waals surface area contributed by atoms with Gasteiger partial charge in [-0.1, -0.05) is 24.2 Å². The largest absolute Gasteiger partial charge is 0.341 e. The summed E-state index contributed by atoms with van der Waals surface area (Å²) in [7, 11) is 1.71. The van der Waals surface area contributed by atoms with Crippen LogP contribution in [0.1, 0.15) is 36.6 Å². The highest BCUT2D eigenvalue weighted by Crippen LogP contribution is 2.37. The number of urea groups is 1. The first-order chi connectivity index (χ1) is 8.25. The lowest BCUT2D eigenvalue weighted by Gasteiger charge is -2.09. The number of rotatable bonds is 2. The minimum Gasteiger partial charge on any atom is -0.261 e. The van der Waals surface area contributed by atoms with Crippen LogP contribution in [0.2, 0.25) is 0 Å². The van der Waals surface area contributed by atoms with Crippen LogP contribution in [0.3, 0.4) is 0 Å². The van der Waals surface area contributed by atoms with Crippen molar-refractivity contribution in [2.75, 3.05) is 18.6 Å². The minimum atomic E-state index is -0.0703. The van der Waals surface area contributed by atoms with E-state index >= 15 is 0 Å². The van der Waals surface area contributed by atoms with Gasteiger partial charge < -0.3 is 0 Å². The summed E-state index contributed by atoms with van der Waals surface area (Å²) in [5.41, 5.74) is 2.95. The van der Waals surface area contributed by atoms with Gasteiger partial charge in [0.2, 0.25) is 5.13 Å². The molecule has 2 fully saturated rings. The van der Waals surface area contributed by atoms with Gasteiger partial charge in [0.25, 0.3) is 0 Å². The molecule has 1 aliphatic heterocycles. The fraction of sp³-hybridized carbons (Fsp3) is 0.700. The molecule has 1 saturated carbocycles. The lowest BCUT2D eigenvalue weighted by molar-refractivity contribution is 0.217. The van der Waals surface area contributed by atoms with Crippen molar-refractivity contribution in [3.8, 4) is 0 Å². The van der Waals surface area contributed by atoms with Crippen molar-refractivity contribution in [1.29, 1.82) is 0 Å². The Balaban J connectivity index is 1.78. The number of hydrogen-bond acceptors (Lipinski definition) is 5. The molecule has 0 aromatic carbocycles. The molecule has 1 aliphatic carbocycles. The Morgan fingerprint density at radius 3 is 2.76 bits per heavy atom. The molecule has 1 saturated heterocycles. The number of nitrogens with zero attached hydrogens (tertiary/aromatic N) is 4. The Kier molecular flexibility index (Phi) is 2.71. The standard InChI is InChI=1S/C10H15N5OS/c1-14-10(16)15(6-11-14)9-13-12-8(17-9)7-4-2-3-5-7/h7,11H,2-6H2,1H3. The van der Waals surface area contributed by atoms with E-state index in [-0.39, 0.29) is 6.03 Å². The Bertz CT molecular complexity index is 428. The number of hydrogen-bond donors (Lipinski definition) is 1. The van der Waals surface area contributed by atoms with E-state index in [1.807, 2.05) is 0 Å². The Labute approximate surface area is 104 Å². The third-order valence-corrected chi connectivity index (χ3v) is 4.46. The molecule has 2 amide bonds. The maximum atomic E-state index is 11.8. The van der Waals surface area contributed by atoms with E-state index in [0.717, 1.165) is 5.01 Å². The molecule has 7 heteroatoms. The summed E-state index contributed by atoms with van der Waals surface area (Å²) in [6.07, 6.45) is 4.99. The van der Waals surface area contributed by atoms with Crippen LogP contribution >= 0.6 is 11.3 Å². The van der Waals surface area contributed by atoms with Gasteiger partial charge in [0.05, 0.1) is 6.67 Å². The SMILES string of the molecule is CN1NCN(c2nnc(C3CCCC3)s2)C1=O. The molecular formula is C10H15N5OS. The Hall–Kier alpha value is -1.21. The van der Waals surface area contributed by atoms with Crippen LogP contribution in [0, 0.1) is 0 Å². The smallest absolute Gasteiger partial charge is 0.261 e. The average Bonchev–Trinajstić information content (AvgIpc) is 3.01. The summed E-state index contributed by atoms with van der Waals surface area (Å²) in [4.78, 5) is 13.4. The maximum Gasteiger partial charge on any atom is 0.341 e. The number of carbonyl (C=O) groups is 1. The second-order valence-electron chi connectivity index (χ2n) is 4.49. The number of carbonyl (C=O) groups excluding carboxylic acids is 1. The molecule has 6 nitrogen and oxygen atoms in total. The van der Waals surface area contributed by atoms with Gasteiger partial charge in [0.1, 0.15) is 5.01 Å². The van der Waals surface area contributed by atoms with Crippen LogP contribution in [0.5, 0.6) is 0 Å². The molecule has 1 aromatic rings. The number of nitrogens with one attached hydrogen (secondary N) is 1. The van der Waals surface area contributed by atoms with Crippen molar-refractivity contribution in [3.05, 3.63) is 5.01 Å². The third kappa shape index (κ3) is 1.89. The molecule has 2 aliphatic rings. The van der Waals surface area contributed by atoms with Gasteiger partial charge >= 0.3 is 6.03 Å². The van der Waals surface area contributed by atoms with Gasteiger partial charge in [0.15, 0.2) is 0 Å². The molecule has 0 unspecified atom stereocenters.